The van der Waals surface area contributed by atoms with Gasteiger partial charge in [0, 0.05) is 13.5 Å². The molecule has 0 saturated heterocycles. The van der Waals surface area contributed by atoms with Gasteiger partial charge in [0.15, 0.2) is 0 Å². The van der Waals surface area contributed by atoms with Gasteiger partial charge < -0.3 is 15.7 Å². The fraction of sp³-hybridized carbons (Fsp3) is 0.444. The molecule has 0 saturated carbocycles. The van der Waals surface area contributed by atoms with E-state index in [-0.39, 0.29) is 12.8 Å². The molecule has 0 aliphatic carbocycles. The molecule has 2 amide bonds. The van der Waals surface area contributed by atoms with Gasteiger partial charge in [-0.2, -0.15) is 0 Å². The molecule has 0 rings (SSSR count). The second kappa shape index (κ2) is 5.79. The SMILES string of the molecule is C=CC(=O)N(C)[C@@H](CCC(N)=O)C(=O)O. The van der Waals surface area contributed by atoms with Gasteiger partial charge in [-0.3, -0.25) is 9.59 Å². The highest BCUT2D eigenvalue weighted by Gasteiger charge is 2.25. The third-order valence-electron chi connectivity index (χ3n) is 1.94. The molecule has 0 heterocycles. The van der Waals surface area contributed by atoms with Crippen LogP contribution >= 0.6 is 0 Å². The Morgan fingerprint density at radius 3 is 2.40 bits per heavy atom. The molecule has 0 aromatic carbocycles. The van der Waals surface area contributed by atoms with Gasteiger partial charge in [-0.1, -0.05) is 6.58 Å². The van der Waals surface area contributed by atoms with Crippen molar-refractivity contribution in [3.8, 4) is 0 Å². The maximum Gasteiger partial charge on any atom is 0.326 e. The second-order valence-electron chi connectivity index (χ2n) is 3.01. The molecule has 0 aromatic rings. The summed E-state index contributed by atoms with van der Waals surface area (Å²) in [6.07, 6.45) is 0.937. The van der Waals surface area contributed by atoms with Gasteiger partial charge in [0.25, 0.3) is 0 Å². The lowest BCUT2D eigenvalue weighted by Crippen LogP contribution is -2.42. The molecular formula is C9H14N2O4. The lowest BCUT2D eigenvalue weighted by atomic mass is 10.1. The van der Waals surface area contributed by atoms with E-state index in [1.54, 1.807) is 0 Å². The number of carboxylic acid groups (broad SMARTS) is 1. The summed E-state index contributed by atoms with van der Waals surface area (Å²) in [5.41, 5.74) is 4.89. The fourth-order valence-corrected chi connectivity index (χ4v) is 1.06. The van der Waals surface area contributed by atoms with E-state index in [1.807, 2.05) is 0 Å². The van der Waals surface area contributed by atoms with Crippen molar-refractivity contribution in [2.45, 2.75) is 18.9 Å². The van der Waals surface area contributed by atoms with E-state index in [2.05, 4.69) is 6.58 Å². The monoisotopic (exact) mass is 214 g/mol. The van der Waals surface area contributed by atoms with E-state index in [4.69, 9.17) is 10.8 Å². The molecule has 84 valence electrons. The van der Waals surface area contributed by atoms with Crippen molar-refractivity contribution in [3.05, 3.63) is 12.7 Å². The largest absolute Gasteiger partial charge is 0.480 e. The van der Waals surface area contributed by atoms with Crippen LogP contribution in [0.2, 0.25) is 0 Å². The summed E-state index contributed by atoms with van der Waals surface area (Å²) in [5.74, 6) is -2.28. The van der Waals surface area contributed by atoms with Crippen molar-refractivity contribution in [2.24, 2.45) is 5.73 Å². The molecule has 6 nitrogen and oxygen atoms in total. The number of primary amides is 1. The Labute approximate surface area is 87.3 Å². The van der Waals surface area contributed by atoms with Crippen LogP contribution < -0.4 is 5.73 Å². The van der Waals surface area contributed by atoms with Crippen molar-refractivity contribution in [1.29, 1.82) is 0 Å². The van der Waals surface area contributed by atoms with Crippen LogP contribution in [0.1, 0.15) is 12.8 Å². The van der Waals surface area contributed by atoms with Crippen molar-refractivity contribution >= 4 is 17.8 Å². The predicted molar refractivity (Wildman–Crippen MR) is 52.8 cm³/mol. The summed E-state index contributed by atoms with van der Waals surface area (Å²) in [7, 11) is 1.34. The average Bonchev–Trinajstić information content (AvgIpc) is 2.15. The number of carbonyl (C=O) groups excluding carboxylic acids is 2. The lowest BCUT2D eigenvalue weighted by molar-refractivity contribution is -0.147. The second-order valence-corrected chi connectivity index (χ2v) is 3.01. The van der Waals surface area contributed by atoms with E-state index in [1.165, 1.54) is 7.05 Å². The van der Waals surface area contributed by atoms with Gasteiger partial charge in [-0.25, -0.2) is 4.79 Å². The smallest absolute Gasteiger partial charge is 0.326 e. The van der Waals surface area contributed by atoms with Gasteiger partial charge in [0.2, 0.25) is 11.8 Å². The third-order valence-corrected chi connectivity index (χ3v) is 1.94. The molecule has 0 unspecified atom stereocenters. The van der Waals surface area contributed by atoms with E-state index in [0.29, 0.717) is 0 Å². The molecule has 0 aliphatic heterocycles. The van der Waals surface area contributed by atoms with Crippen molar-refractivity contribution in [2.75, 3.05) is 7.05 Å². The number of amides is 2. The number of hydrogen-bond acceptors (Lipinski definition) is 3. The summed E-state index contributed by atoms with van der Waals surface area (Å²) < 4.78 is 0. The first kappa shape index (κ1) is 13.2. The Bertz CT molecular complexity index is 288. The molecule has 15 heavy (non-hydrogen) atoms. The molecule has 0 aromatic heterocycles. The average molecular weight is 214 g/mol. The molecule has 6 heteroatoms. The van der Waals surface area contributed by atoms with Crippen molar-refractivity contribution < 1.29 is 19.5 Å². The molecule has 0 spiro atoms. The highest BCUT2D eigenvalue weighted by atomic mass is 16.4. The zero-order chi connectivity index (χ0) is 12.0. The van der Waals surface area contributed by atoms with Crippen molar-refractivity contribution in [3.63, 3.8) is 0 Å². The summed E-state index contributed by atoms with van der Waals surface area (Å²) in [4.78, 5) is 33.4. The van der Waals surface area contributed by atoms with Crippen LogP contribution in [0.5, 0.6) is 0 Å². The Morgan fingerprint density at radius 2 is 2.07 bits per heavy atom. The van der Waals surface area contributed by atoms with Crippen molar-refractivity contribution in [1.82, 2.24) is 4.90 Å². The maximum atomic E-state index is 11.1. The first-order valence-electron chi connectivity index (χ1n) is 4.30. The topological polar surface area (TPSA) is 101 Å². The highest BCUT2D eigenvalue weighted by molar-refractivity contribution is 5.90. The molecule has 0 bridgehead atoms. The van der Waals surface area contributed by atoms with Crippen LogP contribution in [0, 0.1) is 0 Å². The quantitative estimate of drug-likeness (QED) is 0.573. The third kappa shape index (κ3) is 4.26. The van der Waals surface area contributed by atoms with Crippen LogP contribution in [-0.2, 0) is 14.4 Å². The van der Waals surface area contributed by atoms with Gasteiger partial charge in [-0.15, -0.1) is 0 Å². The van der Waals surface area contributed by atoms with E-state index in [9.17, 15) is 14.4 Å². The normalized spacial score (nSPS) is 11.5. The Hall–Kier alpha value is -1.85. The molecule has 0 radical (unpaired) electrons. The zero-order valence-corrected chi connectivity index (χ0v) is 8.47. The maximum absolute atomic E-state index is 11.1. The number of carbonyl (C=O) groups is 3. The van der Waals surface area contributed by atoms with E-state index in [0.717, 1.165) is 11.0 Å². The number of likely N-dealkylation sites (N-methyl/N-ethyl adjacent to an activating group) is 1. The van der Waals surface area contributed by atoms with Crippen LogP contribution in [0.3, 0.4) is 0 Å². The first-order valence-corrected chi connectivity index (χ1v) is 4.30. The van der Waals surface area contributed by atoms with Crippen LogP contribution in [0.15, 0.2) is 12.7 Å². The summed E-state index contributed by atoms with van der Waals surface area (Å²) in [5, 5.41) is 8.82. The summed E-state index contributed by atoms with van der Waals surface area (Å²) in [6.45, 7) is 3.24. The minimum Gasteiger partial charge on any atom is -0.480 e. The number of aliphatic carboxylic acids is 1. The minimum absolute atomic E-state index is 0.000741. The molecular weight excluding hydrogens is 200 g/mol. The van der Waals surface area contributed by atoms with E-state index >= 15 is 0 Å². The van der Waals surface area contributed by atoms with Gasteiger partial charge in [0.1, 0.15) is 6.04 Å². The van der Waals surface area contributed by atoms with Crippen LogP contribution in [-0.4, -0.2) is 40.9 Å². The van der Waals surface area contributed by atoms with Gasteiger partial charge in [-0.05, 0) is 12.5 Å². The Morgan fingerprint density at radius 1 is 1.53 bits per heavy atom. The molecule has 1 atom stereocenters. The first-order chi connectivity index (χ1) is 6.90. The Kier molecular flexibility index (Phi) is 5.08. The number of carboxylic acids is 1. The zero-order valence-electron chi connectivity index (χ0n) is 8.47. The lowest BCUT2D eigenvalue weighted by Gasteiger charge is -2.22. The molecule has 3 N–H and O–H groups in total. The minimum atomic E-state index is -1.17. The number of nitrogens with zero attached hydrogens (tertiary/aromatic N) is 1. The highest BCUT2D eigenvalue weighted by Crippen LogP contribution is 2.06. The van der Waals surface area contributed by atoms with Crippen LogP contribution in [0.4, 0.5) is 0 Å². The number of rotatable bonds is 6. The van der Waals surface area contributed by atoms with Crippen LogP contribution in [0.25, 0.3) is 0 Å². The van der Waals surface area contributed by atoms with E-state index < -0.39 is 23.8 Å². The number of nitrogens with two attached hydrogens (primary N) is 1. The Balaban J connectivity index is 4.51. The number of hydrogen-bond donors (Lipinski definition) is 2. The predicted octanol–water partition coefficient (Wildman–Crippen LogP) is -0.650. The fourth-order valence-electron chi connectivity index (χ4n) is 1.06. The summed E-state index contributed by atoms with van der Waals surface area (Å²) >= 11 is 0. The van der Waals surface area contributed by atoms with Gasteiger partial charge in [0.05, 0.1) is 0 Å². The van der Waals surface area contributed by atoms with Gasteiger partial charge >= 0.3 is 5.97 Å². The summed E-state index contributed by atoms with van der Waals surface area (Å²) in [6, 6.07) is -1.05. The standard InChI is InChI=1S/C9H14N2O4/c1-3-8(13)11(2)6(9(14)15)4-5-7(10)12/h3,6H,1,4-5H2,2H3,(H2,10,12)(H,14,15)/t6-/m0/s1. The molecule has 0 fully saturated rings. The molecule has 0 aliphatic rings.